The van der Waals surface area contributed by atoms with E-state index in [-0.39, 0.29) is 25.4 Å². The summed E-state index contributed by atoms with van der Waals surface area (Å²) in [6, 6.07) is 14.5. The largest absolute Gasteiger partial charge is 0.386 e. The fraction of sp³-hybridized carbons (Fsp3) is 0.343. The molecule has 1 aliphatic heterocycles. The highest BCUT2D eigenvalue weighted by molar-refractivity contribution is 5.95. The minimum atomic E-state index is -2.85. The molecule has 0 saturated carbocycles. The van der Waals surface area contributed by atoms with Crippen LogP contribution < -0.4 is 0 Å². The number of hydrogen-bond donors (Lipinski definition) is 1. The summed E-state index contributed by atoms with van der Waals surface area (Å²) in [7, 11) is 1.88. The van der Waals surface area contributed by atoms with E-state index in [0.717, 1.165) is 50.2 Å². The number of amides is 1. The lowest BCUT2D eigenvalue weighted by atomic mass is 9.95. The molecule has 7 rings (SSSR count). The van der Waals surface area contributed by atoms with E-state index in [1.54, 1.807) is 33.6 Å². The molecule has 10 nitrogen and oxygen atoms in total. The molecule has 5 heterocycles. The van der Waals surface area contributed by atoms with Crippen molar-refractivity contribution in [3.05, 3.63) is 89.0 Å². The highest BCUT2D eigenvalue weighted by atomic mass is 19.3. The predicted molar refractivity (Wildman–Crippen MR) is 175 cm³/mol. The van der Waals surface area contributed by atoms with Gasteiger partial charge in [0.05, 0.1) is 41.8 Å². The van der Waals surface area contributed by atoms with E-state index in [4.69, 9.17) is 15.2 Å². The van der Waals surface area contributed by atoms with Gasteiger partial charge in [0.25, 0.3) is 11.8 Å². The maximum atomic E-state index is 13.6. The van der Waals surface area contributed by atoms with Crippen molar-refractivity contribution in [3.63, 3.8) is 0 Å². The average molecular weight is 639 g/mol. The monoisotopic (exact) mass is 638 g/mol. The number of carbonyl (C=O) groups is 1. The lowest BCUT2D eigenvalue weighted by Crippen LogP contribution is -2.31. The van der Waals surface area contributed by atoms with Crippen molar-refractivity contribution in [3.8, 4) is 16.9 Å². The molecular weight excluding hydrogens is 602 g/mol. The second kappa shape index (κ2) is 11.4. The Morgan fingerprint density at radius 2 is 1.81 bits per heavy atom. The summed E-state index contributed by atoms with van der Waals surface area (Å²) in [5, 5.41) is 27.3. The Morgan fingerprint density at radius 1 is 1.04 bits per heavy atom. The lowest BCUT2D eigenvalue weighted by molar-refractivity contribution is 0.0120. The highest BCUT2D eigenvalue weighted by Crippen LogP contribution is 2.37. The predicted octanol–water partition coefficient (Wildman–Crippen LogP) is 6.13. The fourth-order valence-electron chi connectivity index (χ4n) is 6.62. The van der Waals surface area contributed by atoms with Crippen LogP contribution in [0.1, 0.15) is 65.2 Å². The standard InChI is InChI=1S/C35H36F2N8O2/c1-20(2)31-22(4)45(29-15-25-16-42(5)41-33(25)38-21(29)3)40-32(31)26-7-6-8-28-27(26)17-44(39-28)18-30(46)23-9-11-24(12-10-23)34(47)43-14-13-35(36,37)19-43/h6-12,15-17,20,30,46H,13-14,18-19H2,1-5H3/t30-/m0/s1. The first-order chi connectivity index (χ1) is 22.4. The summed E-state index contributed by atoms with van der Waals surface area (Å²) in [5.74, 6) is -3.09. The molecule has 1 fully saturated rings. The number of aromatic nitrogens is 7. The first-order valence-corrected chi connectivity index (χ1v) is 15.7. The number of halogens is 2. The van der Waals surface area contributed by atoms with E-state index in [0.29, 0.717) is 16.8 Å². The molecule has 1 atom stereocenters. The number of alkyl halides is 2. The van der Waals surface area contributed by atoms with Crippen LogP contribution in [0, 0.1) is 13.8 Å². The van der Waals surface area contributed by atoms with Crippen LogP contribution in [-0.2, 0) is 13.6 Å². The van der Waals surface area contributed by atoms with Crippen LogP contribution >= 0.6 is 0 Å². The topological polar surface area (TPSA) is 107 Å². The third-order valence-electron chi connectivity index (χ3n) is 8.95. The van der Waals surface area contributed by atoms with Gasteiger partial charge in [-0.05, 0) is 49.6 Å². The van der Waals surface area contributed by atoms with Gasteiger partial charge in [0.15, 0.2) is 5.65 Å². The van der Waals surface area contributed by atoms with E-state index in [9.17, 15) is 18.7 Å². The van der Waals surface area contributed by atoms with Gasteiger partial charge in [-0.25, -0.2) is 18.4 Å². The zero-order chi connectivity index (χ0) is 33.2. The zero-order valence-corrected chi connectivity index (χ0v) is 26.9. The summed E-state index contributed by atoms with van der Waals surface area (Å²) >= 11 is 0. The van der Waals surface area contributed by atoms with Crippen LogP contribution in [0.2, 0.25) is 0 Å². The maximum absolute atomic E-state index is 13.6. The van der Waals surface area contributed by atoms with E-state index < -0.39 is 24.5 Å². The lowest BCUT2D eigenvalue weighted by Gasteiger charge is -2.17. The molecule has 2 aromatic carbocycles. The number of nitrogens with zero attached hydrogens (tertiary/aromatic N) is 8. The molecule has 1 saturated heterocycles. The van der Waals surface area contributed by atoms with Crippen molar-refractivity contribution in [1.29, 1.82) is 0 Å². The van der Waals surface area contributed by atoms with E-state index in [2.05, 4.69) is 31.9 Å². The number of benzene rings is 2. The van der Waals surface area contributed by atoms with Gasteiger partial charge in [-0.15, -0.1) is 0 Å². The van der Waals surface area contributed by atoms with Crippen LogP contribution in [-0.4, -0.2) is 69.3 Å². The smallest absolute Gasteiger partial charge is 0.267 e. The summed E-state index contributed by atoms with van der Waals surface area (Å²) < 4.78 is 32.7. The number of rotatable bonds is 7. The quantitative estimate of drug-likeness (QED) is 0.226. The zero-order valence-electron chi connectivity index (χ0n) is 26.9. The van der Waals surface area contributed by atoms with Gasteiger partial charge in [-0.3, -0.25) is 14.2 Å². The van der Waals surface area contributed by atoms with Crippen LogP contribution in [0.5, 0.6) is 0 Å². The number of hydrogen-bond acceptors (Lipinski definition) is 6. The van der Waals surface area contributed by atoms with Crippen molar-refractivity contribution in [2.75, 3.05) is 13.1 Å². The molecule has 1 amide bonds. The minimum absolute atomic E-state index is 0.0293. The van der Waals surface area contributed by atoms with Gasteiger partial charge in [0.1, 0.15) is 0 Å². The number of aliphatic hydroxyl groups excluding tert-OH is 1. The van der Waals surface area contributed by atoms with Crippen LogP contribution in [0.15, 0.2) is 60.9 Å². The number of fused-ring (bicyclic) bond motifs is 2. The van der Waals surface area contributed by atoms with Gasteiger partial charge in [0, 0.05) is 65.6 Å². The second-order valence-corrected chi connectivity index (χ2v) is 12.8. The van der Waals surface area contributed by atoms with Crippen molar-refractivity contribution >= 4 is 27.8 Å². The number of carbonyl (C=O) groups excluding carboxylic acids is 1. The van der Waals surface area contributed by atoms with Gasteiger partial charge in [-0.1, -0.05) is 38.1 Å². The molecule has 1 N–H and O–H groups in total. The third kappa shape index (κ3) is 5.56. The maximum Gasteiger partial charge on any atom is 0.267 e. The van der Waals surface area contributed by atoms with Crippen LogP contribution in [0.3, 0.4) is 0 Å². The van der Waals surface area contributed by atoms with Gasteiger partial charge in [0.2, 0.25) is 0 Å². The summed E-state index contributed by atoms with van der Waals surface area (Å²) in [4.78, 5) is 18.6. The van der Waals surface area contributed by atoms with Crippen molar-refractivity contribution in [2.24, 2.45) is 7.05 Å². The Bertz CT molecular complexity index is 2140. The fourth-order valence-corrected chi connectivity index (χ4v) is 6.62. The minimum Gasteiger partial charge on any atom is -0.386 e. The number of aryl methyl sites for hydroxylation is 2. The SMILES string of the molecule is Cc1nc2nn(C)cc2cc1-n1nc(-c2cccc3nn(C[C@H](O)c4ccc(C(=O)N5CCC(F)(F)C5)cc4)cc23)c(C(C)C)c1C. The Hall–Kier alpha value is -4.97. The molecular formula is C35H36F2N8O2. The first-order valence-electron chi connectivity index (χ1n) is 15.7. The molecule has 0 aliphatic carbocycles. The number of aliphatic hydroxyl groups is 1. The molecule has 0 radical (unpaired) electrons. The Morgan fingerprint density at radius 3 is 2.51 bits per heavy atom. The van der Waals surface area contributed by atoms with Gasteiger partial charge < -0.3 is 10.0 Å². The highest BCUT2D eigenvalue weighted by Gasteiger charge is 2.40. The summed E-state index contributed by atoms with van der Waals surface area (Å²) in [5.41, 5.74) is 8.07. The molecule has 1 aliphatic rings. The van der Waals surface area contributed by atoms with E-state index >= 15 is 0 Å². The average Bonchev–Trinajstić information content (AvgIpc) is 3.79. The number of likely N-dealkylation sites (tertiary alicyclic amines) is 1. The molecule has 4 aromatic heterocycles. The van der Waals surface area contributed by atoms with Crippen LogP contribution in [0.4, 0.5) is 8.78 Å². The van der Waals surface area contributed by atoms with E-state index in [1.807, 2.05) is 49.2 Å². The molecule has 12 heteroatoms. The molecule has 47 heavy (non-hydrogen) atoms. The van der Waals surface area contributed by atoms with Crippen LogP contribution in [0.25, 0.3) is 38.9 Å². The Kier molecular flexibility index (Phi) is 7.42. The number of pyridine rings is 1. The third-order valence-corrected chi connectivity index (χ3v) is 8.95. The second-order valence-electron chi connectivity index (χ2n) is 12.8. The van der Waals surface area contributed by atoms with E-state index in [1.165, 1.54) is 4.90 Å². The Labute approximate surface area is 270 Å². The molecule has 0 spiro atoms. The summed E-state index contributed by atoms with van der Waals surface area (Å²) in [6.45, 7) is 8.01. The summed E-state index contributed by atoms with van der Waals surface area (Å²) in [6.07, 6.45) is 2.64. The molecule has 6 aromatic rings. The molecule has 0 unspecified atom stereocenters. The van der Waals surface area contributed by atoms with Crippen molar-refractivity contribution < 1.29 is 18.7 Å². The normalized spacial score (nSPS) is 15.4. The molecule has 242 valence electrons. The Balaban J connectivity index is 1.18. The molecule has 0 bridgehead atoms. The van der Waals surface area contributed by atoms with Crippen molar-refractivity contribution in [2.45, 2.75) is 58.6 Å². The van der Waals surface area contributed by atoms with Gasteiger partial charge in [-0.2, -0.15) is 15.3 Å². The first kappa shape index (κ1) is 30.7. The van der Waals surface area contributed by atoms with Crippen molar-refractivity contribution in [1.82, 2.24) is 39.2 Å². The van der Waals surface area contributed by atoms with Gasteiger partial charge >= 0.3 is 0 Å².